The standard InChI is InChI=1S/C17H27N3/c18-12-15-6-2-3-7-16(15)13-19-11-8-17(14-19)20-9-4-1-5-10-20/h2-3,6-7,17H,1,4-5,8-14,18H2. The van der Waals surface area contributed by atoms with Crippen molar-refractivity contribution in [3.05, 3.63) is 35.4 Å². The molecule has 1 aromatic carbocycles. The third kappa shape index (κ3) is 3.22. The Morgan fingerprint density at radius 3 is 2.50 bits per heavy atom. The topological polar surface area (TPSA) is 32.5 Å². The Balaban J connectivity index is 1.57. The van der Waals surface area contributed by atoms with Crippen molar-refractivity contribution in [2.24, 2.45) is 5.73 Å². The molecule has 2 aliphatic rings. The number of hydrogen-bond acceptors (Lipinski definition) is 3. The third-order valence-electron chi connectivity index (χ3n) is 4.89. The van der Waals surface area contributed by atoms with Gasteiger partial charge in [-0.05, 0) is 43.5 Å². The molecule has 0 spiro atoms. The Bertz CT molecular complexity index is 426. The molecule has 0 bridgehead atoms. The van der Waals surface area contributed by atoms with Crippen LogP contribution < -0.4 is 5.73 Å². The van der Waals surface area contributed by atoms with Crippen LogP contribution >= 0.6 is 0 Å². The van der Waals surface area contributed by atoms with Crippen LogP contribution in [0.5, 0.6) is 0 Å². The molecule has 0 aromatic heterocycles. The fraction of sp³-hybridized carbons (Fsp3) is 0.647. The maximum atomic E-state index is 5.84. The third-order valence-corrected chi connectivity index (χ3v) is 4.89. The number of nitrogens with zero attached hydrogens (tertiary/aromatic N) is 2. The van der Waals surface area contributed by atoms with Crippen LogP contribution in [0.4, 0.5) is 0 Å². The minimum atomic E-state index is 0.652. The molecule has 3 nitrogen and oxygen atoms in total. The maximum absolute atomic E-state index is 5.84. The lowest BCUT2D eigenvalue weighted by Crippen LogP contribution is -2.40. The van der Waals surface area contributed by atoms with Gasteiger partial charge in [0.25, 0.3) is 0 Å². The summed E-state index contributed by atoms with van der Waals surface area (Å²) in [4.78, 5) is 5.33. The second kappa shape index (κ2) is 6.70. The van der Waals surface area contributed by atoms with Crippen molar-refractivity contribution in [1.82, 2.24) is 9.80 Å². The van der Waals surface area contributed by atoms with Crippen LogP contribution in [-0.4, -0.2) is 42.0 Å². The first-order valence-corrected chi connectivity index (χ1v) is 8.10. The molecular weight excluding hydrogens is 246 g/mol. The van der Waals surface area contributed by atoms with Crippen molar-refractivity contribution in [2.45, 2.75) is 44.8 Å². The van der Waals surface area contributed by atoms with Gasteiger partial charge < -0.3 is 5.73 Å². The molecule has 110 valence electrons. The molecule has 1 aromatic rings. The Labute approximate surface area is 122 Å². The second-order valence-electron chi connectivity index (χ2n) is 6.25. The highest BCUT2D eigenvalue weighted by Crippen LogP contribution is 2.22. The number of nitrogens with two attached hydrogens (primary N) is 1. The summed E-state index contributed by atoms with van der Waals surface area (Å²) < 4.78 is 0. The summed E-state index contributed by atoms with van der Waals surface area (Å²) in [5.41, 5.74) is 8.55. The Kier molecular flexibility index (Phi) is 4.71. The first-order chi connectivity index (χ1) is 9.86. The molecule has 2 N–H and O–H groups in total. The van der Waals surface area contributed by atoms with Gasteiger partial charge in [0.05, 0.1) is 0 Å². The largest absolute Gasteiger partial charge is 0.326 e. The van der Waals surface area contributed by atoms with Crippen molar-refractivity contribution < 1.29 is 0 Å². The summed E-state index contributed by atoms with van der Waals surface area (Å²) in [7, 11) is 0. The van der Waals surface area contributed by atoms with E-state index in [1.54, 1.807) is 0 Å². The summed E-state index contributed by atoms with van der Waals surface area (Å²) in [6.45, 7) is 6.83. The summed E-state index contributed by atoms with van der Waals surface area (Å²) in [6.07, 6.45) is 5.56. The average Bonchev–Trinajstić information content (AvgIpc) is 2.97. The van der Waals surface area contributed by atoms with E-state index in [1.165, 1.54) is 63.0 Å². The smallest absolute Gasteiger partial charge is 0.0237 e. The SMILES string of the molecule is NCc1ccccc1CN1CCC(N2CCCCC2)C1. The molecular formula is C17H27N3. The fourth-order valence-electron chi connectivity index (χ4n) is 3.69. The van der Waals surface area contributed by atoms with E-state index in [4.69, 9.17) is 5.73 Å². The van der Waals surface area contributed by atoms with Crippen molar-refractivity contribution in [3.63, 3.8) is 0 Å². The van der Waals surface area contributed by atoms with Crippen molar-refractivity contribution in [1.29, 1.82) is 0 Å². The molecule has 0 saturated carbocycles. The van der Waals surface area contributed by atoms with E-state index in [1.807, 2.05) is 0 Å². The summed E-state index contributed by atoms with van der Waals surface area (Å²) in [6, 6.07) is 9.41. The van der Waals surface area contributed by atoms with Crippen LogP contribution in [0.25, 0.3) is 0 Å². The molecule has 0 radical (unpaired) electrons. The Morgan fingerprint density at radius 1 is 1.00 bits per heavy atom. The monoisotopic (exact) mass is 273 g/mol. The van der Waals surface area contributed by atoms with E-state index in [9.17, 15) is 0 Å². The van der Waals surface area contributed by atoms with Gasteiger partial charge in [-0.1, -0.05) is 30.7 Å². The van der Waals surface area contributed by atoms with Crippen molar-refractivity contribution in [2.75, 3.05) is 26.2 Å². The molecule has 2 aliphatic heterocycles. The van der Waals surface area contributed by atoms with Gasteiger partial charge in [-0.3, -0.25) is 9.80 Å². The summed E-state index contributed by atoms with van der Waals surface area (Å²) in [5, 5.41) is 0. The van der Waals surface area contributed by atoms with Gasteiger partial charge in [-0.15, -0.1) is 0 Å². The van der Waals surface area contributed by atoms with Crippen LogP contribution in [0.2, 0.25) is 0 Å². The van der Waals surface area contributed by atoms with E-state index >= 15 is 0 Å². The molecule has 3 rings (SSSR count). The minimum Gasteiger partial charge on any atom is -0.326 e. The van der Waals surface area contributed by atoms with Crippen LogP contribution in [0, 0.1) is 0 Å². The van der Waals surface area contributed by atoms with Gasteiger partial charge in [0, 0.05) is 32.2 Å². The average molecular weight is 273 g/mol. The highest BCUT2D eigenvalue weighted by atomic mass is 15.3. The first-order valence-electron chi connectivity index (χ1n) is 8.10. The van der Waals surface area contributed by atoms with Gasteiger partial charge in [-0.2, -0.15) is 0 Å². The first kappa shape index (κ1) is 14.1. The number of likely N-dealkylation sites (tertiary alicyclic amines) is 2. The van der Waals surface area contributed by atoms with Crippen LogP contribution in [0.3, 0.4) is 0 Å². The highest BCUT2D eigenvalue weighted by molar-refractivity contribution is 5.26. The molecule has 20 heavy (non-hydrogen) atoms. The molecule has 1 unspecified atom stereocenters. The molecule has 2 fully saturated rings. The van der Waals surface area contributed by atoms with E-state index in [0.717, 1.165) is 12.6 Å². The quantitative estimate of drug-likeness (QED) is 0.913. The van der Waals surface area contributed by atoms with E-state index in [0.29, 0.717) is 6.54 Å². The minimum absolute atomic E-state index is 0.652. The second-order valence-corrected chi connectivity index (χ2v) is 6.25. The molecule has 2 heterocycles. The Hall–Kier alpha value is -0.900. The van der Waals surface area contributed by atoms with Gasteiger partial charge >= 0.3 is 0 Å². The lowest BCUT2D eigenvalue weighted by Gasteiger charge is -2.32. The van der Waals surface area contributed by atoms with E-state index < -0.39 is 0 Å². The van der Waals surface area contributed by atoms with Crippen LogP contribution in [0.1, 0.15) is 36.8 Å². The Morgan fingerprint density at radius 2 is 1.75 bits per heavy atom. The molecule has 2 saturated heterocycles. The van der Waals surface area contributed by atoms with Gasteiger partial charge in [0.1, 0.15) is 0 Å². The van der Waals surface area contributed by atoms with Gasteiger partial charge in [0.2, 0.25) is 0 Å². The lowest BCUT2D eigenvalue weighted by atomic mass is 10.1. The number of rotatable bonds is 4. The molecule has 3 heteroatoms. The van der Waals surface area contributed by atoms with Crippen molar-refractivity contribution >= 4 is 0 Å². The van der Waals surface area contributed by atoms with Crippen LogP contribution in [-0.2, 0) is 13.1 Å². The van der Waals surface area contributed by atoms with Crippen molar-refractivity contribution in [3.8, 4) is 0 Å². The maximum Gasteiger partial charge on any atom is 0.0237 e. The fourth-order valence-corrected chi connectivity index (χ4v) is 3.69. The summed E-state index contributed by atoms with van der Waals surface area (Å²) >= 11 is 0. The van der Waals surface area contributed by atoms with Gasteiger partial charge in [0.15, 0.2) is 0 Å². The lowest BCUT2D eigenvalue weighted by molar-refractivity contribution is 0.161. The van der Waals surface area contributed by atoms with Crippen LogP contribution in [0.15, 0.2) is 24.3 Å². The highest BCUT2D eigenvalue weighted by Gasteiger charge is 2.28. The number of hydrogen-bond donors (Lipinski definition) is 1. The summed E-state index contributed by atoms with van der Waals surface area (Å²) in [5.74, 6) is 0. The number of piperidine rings is 1. The predicted octanol–water partition coefficient (Wildman–Crippen LogP) is 2.21. The zero-order chi connectivity index (χ0) is 13.8. The molecule has 1 atom stereocenters. The zero-order valence-corrected chi connectivity index (χ0v) is 12.4. The predicted molar refractivity (Wildman–Crippen MR) is 83.4 cm³/mol. The molecule has 0 aliphatic carbocycles. The molecule has 0 amide bonds. The van der Waals surface area contributed by atoms with Gasteiger partial charge in [-0.25, -0.2) is 0 Å². The van der Waals surface area contributed by atoms with E-state index in [-0.39, 0.29) is 0 Å². The number of benzene rings is 1. The van der Waals surface area contributed by atoms with E-state index in [2.05, 4.69) is 34.1 Å². The normalized spacial score (nSPS) is 25.1. The zero-order valence-electron chi connectivity index (χ0n) is 12.4.